The van der Waals surface area contributed by atoms with E-state index in [9.17, 15) is 9.59 Å². The molecule has 22 heavy (non-hydrogen) atoms. The van der Waals surface area contributed by atoms with Gasteiger partial charge in [-0.3, -0.25) is 9.59 Å². The molecule has 0 spiro atoms. The van der Waals surface area contributed by atoms with E-state index in [1.54, 1.807) is 26.0 Å². The van der Waals surface area contributed by atoms with Crippen molar-refractivity contribution in [3.63, 3.8) is 0 Å². The normalized spacial score (nSPS) is 15.1. The Hall–Kier alpha value is -2.56. The van der Waals surface area contributed by atoms with Crippen LogP contribution in [-0.4, -0.2) is 34.2 Å². The van der Waals surface area contributed by atoms with Crippen LogP contribution in [0.3, 0.4) is 0 Å². The third-order valence-corrected chi connectivity index (χ3v) is 2.52. The Balaban J connectivity index is -0.00000180. The number of carboxylic acids is 2. The summed E-state index contributed by atoms with van der Waals surface area (Å²) in [5, 5.41) is 42.4. The van der Waals surface area contributed by atoms with Gasteiger partial charge >= 0.3 is 11.9 Å². The second-order valence-electron chi connectivity index (χ2n) is 4.44. The van der Waals surface area contributed by atoms with E-state index in [-0.39, 0.29) is 25.1 Å². The highest BCUT2D eigenvalue weighted by atomic mass is 16.4. The second kappa shape index (κ2) is 12.2. The first-order valence-electron chi connectivity index (χ1n) is 5.96. The van der Waals surface area contributed by atoms with Crippen LogP contribution in [0.4, 0.5) is 0 Å². The lowest BCUT2D eigenvalue weighted by Gasteiger charge is -2.10. The molecule has 4 unspecified atom stereocenters. The zero-order valence-corrected chi connectivity index (χ0v) is 12.6. The maximum Gasteiger partial charge on any atom is 0.320 e. The van der Waals surface area contributed by atoms with E-state index in [1.807, 2.05) is 0 Å². The minimum Gasteiger partial charge on any atom is -0.480 e. The van der Waals surface area contributed by atoms with E-state index in [0.717, 1.165) is 0 Å². The van der Waals surface area contributed by atoms with Crippen molar-refractivity contribution in [1.29, 1.82) is 10.5 Å². The maximum absolute atomic E-state index is 10.7. The Morgan fingerprint density at radius 1 is 0.909 bits per heavy atom. The largest absolute Gasteiger partial charge is 0.480 e. The van der Waals surface area contributed by atoms with Crippen molar-refractivity contribution in [2.45, 2.75) is 38.8 Å². The number of azo groups is 1. The molecule has 0 fully saturated rings. The highest BCUT2D eigenvalue weighted by molar-refractivity contribution is 5.73. The van der Waals surface area contributed by atoms with E-state index in [4.69, 9.17) is 20.7 Å². The van der Waals surface area contributed by atoms with Gasteiger partial charge in [0.05, 0.1) is 24.2 Å². The molecule has 0 aliphatic rings. The molecule has 0 aromatic carbocycles. The first-order valence-corrected chi connectivity index (χ1v) is 5.96. The molecule has 8 N–H and O–H groups in total. The number of hydrogen-bond acceptors (Lipinski definition) is 8. The van der Waals surface area contributed by atoms with Gasteiger partial charge in [-0.15, -0.1) is 0 Å². The lowest BCUT2D eigenvalue weighted by atomic mass is 10.0. The summed E-state index contributed by atoms with van der Waals surface area (Å²) in [5.41, 5.74) is 0. The highest BCUT2D eigenvalue weighted by Crippen LogP contribution is 2.13. The van der Waals surface area contributed by atoms with Crippen LogP contribution in [0.5, 0.6) is 0 Å². The average Bonchev–Trinajstić information content (AvgIpc) is 2.38. The Bertz CT molecular complexity index is 425. The fraction of sp³-hybridized carbons (Fsp3) is 0.667. The van der Waals surface area contributed by atoms with Crippen molar-refractivity contribution in [2.75, 3.05) is 0 Å². The lowest BCUT2D eigenvalue weighted by molar-refractivity contribution is -0.141. The SMILES string of the molecule is CC(CC(C#N)C(=O)O)/N=N/C(C)CC(C#N)C(=O)O.N.N. The molecule has 0 bridgehead atoms. The Morgan fingerprint density at radius 2 is 1.18 bits per heavy atom. The molecule has 0 rings (SSSR count). The van der Waals surface area contributed by atoms with Crippen LogP contribution in [-0.2, 0) is 9.59 Å². The molecule has 0 aromatic rings. The number of carboxylic acid groups (broad SMARTS) is 2. The van der Waals surface area contributed by atoms with Gasteiger partial charge in [0.2, 0.25) is 0 Å². The topological polar surface area (TPSA) is 217 Å². The van der Waals surface area contributed by atoms with E-state index in [1.165, 1.54) is 0 Å². The predicted octanol–water partition coefficient (Wildman–Crippen LogP) is 1.77. The molecule has 10 heteroatoms. The number of rotatable bonds is 8. The zero-order valence-electron chi connectivity index (χ0n) is 12.6. The number of aliphatic carboxylic acids is 2. The average molecular weight is 314 g/mol. The van der Waals surface area contributed by atoms with Crippen molar-refractivity contribution in [2.24, 2.45) is 22.1 Å². The fourth-order valence-electron chi connectivity index (χ4n) is 1.42. The summed E-state index contributed by atoms with van der Waals surface area (Å²) in [6, 6.07) is 2.37. The first-order chi connectivity index (χ1) is 9.31. The number of nitrogens with zero attached hydrogens (tertiary/aromatic N) is 4. The van der Waals surface area contributed by atoms with Gasteiger partial charge in [0.25, 0.3) is 0 Å². The standard InChI is InChI=1S/C12H16N4O4.2H3N/c1-7(3-9(5-13)11(17)18)15-16-8(2)4-10(6-14)12(19)20;;/h7-10H,3-4H2,1-2H3,(H,17,18)(H,19,20);2*1H3/b16-15+;;. The molecule has 0 saturated carbocycles. The highest BCUT2D eigenvalue weighted by Gasteiger charge is 2.21. The summed E-state index contributed by atoms with van der Waals surface area (Å²) in [6.45, 7) is 3.23. The molecular formula is C12H22N6O4. The van der Waals surface area contributed by atoms with Gasteiger partial charge in [-0.2, -0.15) is 20.8 Å². The van der Waals surface area contributed by atoms with Gasteiger partial charge in [0.15, 0.2) is 0 Å². The number of carbonyl (C=O) groups is 2. The molecule has 0 heterocycles. The smallest absolute Gasteiger partial charge is 0.320 e. The van der Waals surface area contributed by atoms with Crippen molar-refractivity contribution in [3.8, 4) is 12.1 Å². The van der Waals surface area contributed by atoms with Crippen LogP contribution in [0, 0.1) is 34.5 Å². The first kappa shape index (κ1) is 24.5. The van der Waals surface area contributed by atoms with Crippen molar-refractivity contribution < 1.29 is 19.8 Å². The second-order valence-corrected chi connectivity index (χ2v) is 4.44. The summed E-state index contributed by atoms with van der Waals surface area (Å²) in [4.78, 5) is 21.3. The molecule has 124 valence electrons. The molecule has 0 aliphatic heterocycles. The Labute approximate surface area is 128 Å². The quantitative estimate of drug-likeness (QED) is 0.482. The third kappa shape index (κ3) is 9.36. The summed E-state index contributed by atoms with van der Waals surface area (Å²) in [5.74, 6) is -4.72. The van der Waals surface area contributed by atoms with E-state index < -0.39 is 35.9 Å². The number of nitriles is 2. The van der Waals surface area contributed by atoms with Crippen LogP contribution >= 0.6 is 0 Å². The molecule has 0 aromatic heterocycles. The van der Waals surface area contributed by atoms with Gasteiger partial charge in [0, 0.05) is 0 Å². The third-order valence-electron chi connectivity index (χ3n) is 2.52. The van der Waals surface area contributed by atoms with Crippen LogP contribution < -0.4 is 12.3 Å². The zero-order chi connectivity index (χ0) is 15.7. The molecule has 0 radical (unpaired) electrons. The van der Waals surface area contributed by atoms with Crippen LogP contribution in [0.1, 0.15) is 26.7 Å². The van der Waals surface area contributed by atoms with Crippen molar-refractivity contribution in [1.82, 2.24) is 12.3 Å². The van der Waals surface area contributed by atoms with Crippen LogP contribution in [0.2, 0.25) is 0 Å². The summed E-state index contributed by atoms with van der Waals surface area (Å²) >= 11 is 0. The van der Waals surface area contributed by atoms with Crippen molar-refractivity contribution in [3.05, 3.63) is 0 Å². The number of hydrogen-bond donors (Lipinski definition) is 4. The van der Waals surface area contributed by atoms with Gasteiger partial charge in [-0.1, -0.05) is 0 Å². The monoisotopic (exact) mass is 314 g/mol. The molecular weight excluding hydrogens is 292 g/mol. The minimum absolute atomic E-state index is 0. The van der Waals surface area contributed by atoms with E-state index in [0.29, 0.717) is 0 Å². The molecule has 4 atom stereocenters. The molecule has 0 aliphatic carbocycles. The van der Waals surface area contributed by atoms with E-state index in [2.05, 4.69) is 10.2 Å². The van der Waals surface area contributed by atoms with Crippen LogP contribution in [0.15, 0.2) is 10.2 Å². The molecule has 10 nitrogen and oxygen atoms in total. The van der Waals surface area contributed by atoms with Crippen molar-refractivity contribution >= 4 is 11.9 Å². The van der Waals surface area contributed by atoms with Gasteiger partial charge < -0.3 is 22.5 Å². The minimum atomic E-state index is -1.21. The van der Waals surface area contributed by atoms with Crippen LogP contribution in [0.25, 0.3) is 0 Å². The van der Waals surface area contributed by atoms with Gasteiger partial charge in [-0.05, 0) is 26.7 Å². The fourth-order valence-corrected chi connectivity index (χ4v) is 1.42. The van der Waals surface area contributed by atoms with Gasteiger partial charge in [0.1, 0.15) is 11.8 Å². The summed E-state index contributed by atoms with van der Waals surface area (Å²) < 4.78 is 0. The summed E-state index contributed by atoms with van der Waals surface area (Å²) in [7, 11) is 0. The molecule has 0 saturated heterocycles. The van der Waals surface area contributed by atoms with Gasteiger partial charge in [-0.25, -0.2) is 0 Å². The maximum atomic E-state index is 10.7. The lowest BCUT2D eigenvalue weighted by Crippen LogP contribution is -2.18. The molecule has 0 amide bonds. The van der Waals surface area contributed by atoms with E-state index >= 15 is 0 Å². The Kier molecular flexibility index (Phi) is 13.6. The Morgan fingerprint density at radius 3 is 1.36 bits per heavy atom. The predicted molar refractivity (Wildman–Crippen MR) is 76.5 cm³/mol. The summed E-state index contributed by atoms with van der Waals surface area (Å²) in [6.07, 6.45) is 0.0608.